The van der Waals surface area contributed by atoms with Gasteiger partial charge in [-0.2, -0.15) is 0 Å². The average Bonchev–Trinajstić information content (AvgIpc) is 2.59. The quantitative estimate of drug-likeness (QED) is 0.787. The third-order valence-corrected chi connectivity index (χ3v) is 5.36. The number of hydrogen-bond donors (Lipinski definition) is 1. The zero-order valence-corrected chi connectivity index (χ0v) is 16.3. The summed E-state index contributed by atoms with van der Waals surface area (Å²) in [5.41, 5.74) is 2.37. The van der Waals surface area contributed by atoms with Crippen molar-refractivity contribution in [2.75, 3.05) is 33.3 Å². The van der Waals surface area contributed by atoms with Crippen LogP contribution in [0, 0.1) is 11.8 Å². The van der Waals surface area contributed by atoms with Gasteiger partial charge in [-0.3, -0.25) is 0 Å². The smallest absolute Gasteiger partial charge is 0.137 e. The number of likely N-dealkylation sites (tertiary alicyclic amines) is 1. The first-order valence-electron chi connectivity index (χ1n) is 9.73. The van der Waals surface area contributed by atoms with Crippen molar-refractivity contribution < 1.29 is 14.3 Å². The summed E-state index contributed by atoms with van der Waals surface area (Å²) < 4.78 is 6.78. The van der Waals surface area contributed by atoms with E-state index in [2.05, 4.69) is 45.2 Å². The zero-order chi connectivity index (χ0) is 18.6. The zero-order valence-electron chi connectivity index (χ0n) is 16.3. The summed E-state index contributed by atoms with van der Waals surface area (Å²) in [5.74, 6) is 2.26. The number of hydrogen-bond acceptors (Lipinski definition) is 2. The van der Waals surface area contributed by atoms with Crippen LogP contribution < -0.4 is 4.74 Å². The molecule has 1 saturated heterocycles. The van der Waals surface area contributed by atoms with E-state index in [9.17, 15) is 5.11 Å². The Hall–Kier alpha value is -1.84. The molecule has 3 rings (SSSR count). The van der Waals surface area contributed by atoms with E-state index in [0.29, 0.717) is 6.61 Å². The maximum Gasteiger partial charge on any atom is 0.137 e. The molecule has 0 saturated carbocycles. The summed E-state index contributed by atoms with van der Waals surface area (Å²) in [5, 5.41) is 10.5. The first-order valence-corrected chi connectivity index (χ1v) is 9.73. The molecular weight excluding hydrogens is 322 g/mol. The number of nitrogens with zero attached hydrogens (tertiary/aromatic N) is 1. The van der Waals surface area contributed by atoms with Crippen LogP contribution in [0.4, 0.5) is 0 Å². The lowest BCUT2D eigenvalue weighted by Crippen LogP contribution is -2.57. The summed E-state index contributed by atoms with van der Waals surface area (Å²) in [6.45, 7) is 8.05. The molecule has 2 aromatic rings. The molecule has 1 N–H and O–H groups in total. The summed E-state index contributed by atoms with van der Waals surface area (Å²) in [4.78, 5) is 0. The van der Waals surface area contributed by atoms with Gasteiger partial charge in [0.1, 0.15) is 25.0 Å². The molecule has 3 heteroatoms. The fourth-order valence-electron chi connectivity index (χ4n) is 4.69. The fourth-order valence-corrected chi connectivity index (χ4v) is 4.69. The van der Waals surface area contributed by atoms with Gasteiger partial charge in [-0.1, -0.05) is 56.3 Å². The van der Waals surface area contributed by atoms with E-state index in [-0.39, 0.29) is 0 Å². The SMILES string of the molecule is C[C@@H]1C[C@H](C)C[N+](C)(C[C@H](O)COc2ccc(-c3ccccc3)cc2)C1. The average molecular weight is 355 g/mol. The number of likely N-dealkylation sites (N-methyl/N-ethyl adjacent to an activating group) is 1. The predicted octanol–water partition coefficient (Wildman–Crippen LogP) is 4.22. The number of benzene rings is 2. The highest BCUT2D eigenvalue weighted by molar-refractivity contribution is 5.63. The van der Waals surface area contributed by atoms with Gasteiger partial charge in [-0.15, -0.1) is 0 Å². The summed E-state index contributed by atoms with van der Waals surface area (Å²) in [6, 6.07) is 18.4. The van der Waals surface area contributed by atoms with Crippen LogP contribution >= 0.6 is 0 Å². The summed E-state index contributed by atoms with van der Waals surface area (Å²) >= 11 is 0. The number of aliphatic hydroxyl groups is 1. The van der Waals surface area contributed by atoms with Crippen molar-refractivity contribution in [2.24, 2.45) is 11.8 Å². The lowest BCUT2D eigenvalue weighted by atomic mass is 9.90. The van der Waals surface area contributed by atoms with Crippen molar-refractivity contribution in [3.8, 4) is 16.9 Å². The van der Waals surface area contributed by atoms with Crippen molar-refractivity contribution in [2.45, 2.75) is 26.4 Å². The van der Waals surface area contributed by atoms with Crippen LogP contribution in [0.15, 0.2) is 54.6 Å². The number of aliphatic hydroxyl groups excluding tert-OH is 1. The molecule has 1 unspecified atom stereocenters. The van der Waals surface area contributed by atoms with E-state index in [1.165, 1.54) is 17.5 Å². The Balaban J connectivity index is 1.52. The molecule has 0 bridgehead atoms. The minimum absolute atomic E-state index is 0.348. The van der Waals surface area contributed by atoms with Gasteiger partial charge in [0.2, 0.25) is 0 Å². The maximum absolute atomic E-state index is 10.5. The van der Waals surface area contributed by atoms with Crippen molar-refractivity contribution in [1.29, 1.82) is 0 Å². The summed E-state index contributed by atoms with van der Waals surface area (Å²) in [6.07, 6.45) is 0.861. The Morgan fingerprint density at radius 2 is 1.54 bits per heavy atom. The fraction of sp³-hybridized carbons (Fsp3) is 0.478. The molecule has 1 aliphatic heterocycles. The van der Waals surface area contributed by atoms with Crippen LogP contribution in [0.25, 0.3) is 11.1 Å². The van der Waals surface area contributed by atoms with E-state index in [1.54, 1.807) is 0 Å². The van der Waals surface area contributed by atoms with E-state index in [4.69, 9.17) is 4.74 Å². The summed E-state index contributed by atoms with van der Waals surface area (Å²) in [7, 11) is 2.27. The molecule has 1 aliphatic rings. The number of ether oxygens (including phenoxy) is 1. The molecule has 26 heavy (non-hydrogen) atoms. The second-order valence-corrected chi connectivity index (χ2v) is 8.47. The first kappa shape index (κ1) is 18.9. The molecule has 3 nitrogen and oxygen atoms in total. The molecule has 1 fully saturated rings. The second kappa shape index (κ2) is 8.24. The highest BCUT2D eigenvalue weighted by Gasteiger charge is 2.34. The number of quaternary nitrogens is 1. The van der Waals surface area contributed by atoms with Gasteiger partial charge in [-0.25, -0.2) is 0 Å². The van der Waals surface area contributed by atoms with E-state index >= 15 is 0 Å². The van der Waals surface area contributed by atoms with Crippen LogP contribution in [0.5, 0.6) is 5.75 Å². The Morgan fingerprint density at radius 1 is 0.962 bits per heavy atom. The molecule has 0 aliphatic carbocycles. The van der Waals surface area contributed by atoms with Gasteiger partial charge in [0.25, 0.3) is 0 Å². The monoisotopic (exact) mass is 354 g/mol. The van der Waals surface area contributed by atoms with E-state index in [0.717, 1.165) is 41.7 Å². The normalized spacial score (nSPS) is 27.1. The van der Waals surface area contributed by atoms with Gasteiger partial charge in [0, 0.05) is 11.8 Å². The molecule has 0 spiro atoms. The molecule has 1 heterocycles. The molecule has 0 aromatic heterocycles. The molecule has 140 valence electrons. The lowest BCUT2D eigenvalue weighted by Gasteiger charge is -2.44. The highest BCUT2D eigenvalue weighted by Crippen LogP contribution is 2.26. The van der Waals surface area contributed by atoms with Crippen LogP contribution in [0.1, 0.15) is 20.3 Å². The number of rotatable bonds is 6. The Labute approximate surface area is 157 Å². The van der Waals surface area contributed by atoms with Gasteiger partial charge in [-0.05, 0) is 29.7 Å². The maximum atomic E-state index is 10.5. The van der Waals surface area contributed by atoms with Gasteiger partial charge in [0.15, 0.2) is 0 Å². The van der Waals surface area contributed by atoms with Gasteiger partial charge < -0.3 is 14.3 Å². The largest absolute Gasteiger partial charge is 0.491 e. The Bertz CT molecular complexity index is 673. The van der Waals surface area contributed by atoms with Crippen molar-refractivity contribution >= 4 is 0 Å². The van der Waals surface area contributed by atoms with Crippen LogP contribution in [0.3, 0.4) is 0 Å². The number of piperidine rings is 1. The topological polar surface area (TPSA) is 29.5 Å². The molecular formula is C23H32NO2+. The van der Waals surface area contributed by atoms with Gasteiger partial charge in [0.05, 0.1) is 20.1 Å². The van der Waals surface area contributed by atoms with Gasteiger partial charge >= 0.3 is 0 Å². The minimum Gasteiger partial charge on any atom is -0.491 e. The third kappa shape index (κ3) is 5.09. The van der Waals surface area contributed by atoms with Crippen molar-refractivity contribution in [3.05, 3.63) is 54.6 Å². The Kier molecular flexibility index (Phi) is 6.00. The van der Waals surface area contributed by atoms with Crippen LogP contribution in [0.2, 0.25) is 0 Å². The molecule has 0 amide bonds. The second-order valence-electron chi connectivity index (χ2n) is 8.47. The van der Waals surface area contributed by atoms with Crippen molar-refractivity contribution in [1.82, 2.24) is 0 Å². The molecule has 0 radical (unpaired) electrons. The van der Waals surface area contributed by atoms with Crippen LogP contribution in [-0.4, -0.2) is 49.0 Å². The van der Waals surface area contributed by atoms with E-state index in [1.807, 2.05) is 30.3 Å². The first-order chi connectivity index (χ1) is 12.4. The predicted molar refractivity (Wildman–Crippen MR) is 107 cm³/mol. The van der Waals surface area contributed by atoms with Crippen molar-refractivity contribution in [3.63, 3.8) is 0 Å². The van der Waals surface area contributed by atoms with E-state index < -0.39 is 6.10 Å². The lowest BCUT2D eigenvalue weighted by molar-refractivity contribution is -0.923. The highest BCUT2D eigenvalue weighted by atomic mass is 16.5. The molecule has 4 atom stereocenters. The third-order valence-electron chi connectivity index (χ3n) is 5.36. The Morgan fingerprint density at radius 3 is 2.15 bits per heavy atom. The molecule has 2 aromatic carbocycles. The van der Waals surface area contributed by atoms with Crippen LogP contribution in [-0.2, 0) is 0 Å². The standard InChI is InChI=1S/C23H32NO2/c1-18-13-19(2)15-24(3,14-18)16-22(25)17-26-23-11-9-21(10-12-23)20-7-5-4-6-8-20/h4-12,18-19,22,25H,13-17H2,1-3H3/q+1/t18-,19+,22-,24?/m0/s1. The minimum atomic E-state index is -0.439.